The lowest BCUT2D eigenvalue weighted by Gasteiger charge is -2.33. The van der Waals surface area contributed by atoms with Crippen LogP contribution in [-0.4, -0.2) is 24.5 Å². The molecular weight excluding hydrogens is 146 g/mol. The molecule has 0 amide bonds. The Morgan fingerprint density at radius 2 is 1.67 bits per heavy atom. The Hall–Kier alpha value is -0.0400. The van der Waals surface area contributed by atoms with E-state index in [9.17, 15) is 0 Å². The van der Waals surface area contributed by atoms with Gasteiger partial charge in [-0.15, -0.1) is 0 Å². The van der Waals surface area contributed by atoms with Crippen molar-refractivity contribution in [3.63, 3.8) is 0 Å². The van der Waals surface area contributed by atoms with E-state index in [2.05, 4.69) is 32.6 Å². The Morgan fingerprint density at radius 1 is 1.17 bits per heavy atom. The lowest BCUT2D eigenvalue weighted by atomic mass is 9.81. The number of hydrogen-bond donors (Lipinski definition) is 0. The number of likely N-dealkylation sites (tertiary alicyclic amines) is 1. The topological polar surface area (TPSA) is 3.24 Å². The van der Waals surface area contributed by atoms with Crippen molar-refractivity contribution in [1.29, 1.82) is 0 Å². The molecule has 0 spiro atoms. The summed E-state index contributed by atoms with van der Waals surface area (Å²) in [4.78, 5) is 2.61. The second-order valence-electron chi connectivity index (χ2n) is 5.13. The molecule has 1 heteroatoms. The first-order valence-electron chi connectivity index (χ1n) is 5.25. The van der Waals surface area contributed by atoms with Gasteiger partial charge in [-0.25, -0.2) is 0 Å². The lowest BCUT2D eigenvalue weighted by molar-refractivity contribution is 0.155. The summed E-state index contributed by atoms with van der Waals surface area (Å²) in [6, 6.07) is 0. The Bertz CT molecular complexity index is 132. The Balaban J connectivity index is 2.37. The standard InChI is InChI=1S/C11H23N/c1-10(2)11(3,4)9-12-7-5-6-8-12/h10H,5-9H2,1-4H3. The van der Waals surface area contributed by atoms with E-state index in [0.29, 0.717) is 5.41 Å². The fraction of sp³-hybridized carbons (Fsp3) is 1.00. The van der Waals surface area contributed by atoms with E-state index in [1.165, 1.54) is 32.5 Å². The predicted molar refractivity (Wildman–Crippen MR) is 54.3 cm³/mol. The molecule has 0 aromatic heterocycles. The predicted octanol–water partition coefficient (Wildman–Crippen LogP) is 2.76. The minimum atomic E-state index is 0.490. The molecular formula is C11H23N. The largest absolute Gasteiger partial charge is 0.303 e. The molecule has 72 valence electrons. The lowest BCUT2D eigenvalue weighted by Crippen LogP contribution is -2.35. The summed E-state index contributed by atoms with van der Waals surface area (Å²) in [5.41, 5.74) is 0.490. The van der Waals surface area contributed by atoms with Gasteiger partial charge in [0.25, 0.3) is 0 Å². The molecule has 0 N–H and O–H groups in total. The quantitative estimate of drug-likeness (QED) is 0.628. The van der Waals surface area contributed by atoms with Gasteiger partial charge >= 0.3 is 0 Å². The summed E-state index contributed by atoms with van der Waals surface area (Å²) in [5.74, 6) is 0.790. The molecule has 0 aromatic carbocycles. The average Bonchev–Trinajstić information content (AvgIpc) is 2.38. The zero-order chi connectivity index (χ0) is 9.19. The minimum absolute atomic E-state index is 0.490. The van der Waals surface area contributed by atoms with E-state index in [0.717, 1.165) is 5.92 Å². The van der Waals surface area contributed by atoms with Crippen molar-refractivity contribution >= 4 is 0 Å². The van der Waals surface area contributed by atoms with Crippen LogP contribution in [0.25, 0.3) is 0 Å². The molecule has 0 bridgehead atoms. The molecule has 1 heterocycles. The molecule has 0 aromatic rings. The average molecular weight is 169 g/mol. The zero-order valence-electron chi connectivity index (χ0n) is 9.06. The van der Waals surface area contributed by atoms with E-state index in [1.54, 1.807) is 0 Å². The third-order valence-electron chi connectivity index (χ3n) is 3.39. The maximum absolute atomic E-state index is 2.61. The van der Waals surface area contributed by atoms with Crippen LogP contribution in [0.5, 0.6) is 0 Å². The van der Waals surface area contributed by atoms with Gasteiger partial charge in [0.05, 0.1) is 0 Å². The summed E-state index contributed by atoms with van der Waals surface area (Å²) in [5, 5.41) is 0. The third kappa shape index (κ3) is 2.48. The van der Waals surface area contributed by atoms with Crippen LogP contribution in [0.3, 0.4) is 0 Å². The van der Waals surface area contributed by atoms with Crippen LogP contribution < -0.4 is 0 Å². The molecule has 0 radical (unpaired) electrons. The molecule has 1 aliphatic heterocycles. The van der Waals surface area contributed by atoms with Crippen LogP contribution in [-0.2, 0) is 0 Å². The third-order valence-corrected chi connectivity index (χ3v) is 3.39. The van der Waals surface area contributed by atoms with Crippen molar-refractivity contribution in [2.45, 2.75) is 40.5 Å². The number of hydrogen-bond acceptors (Lipinski definition) is 1. The Morgan fingerprint density at radius 3 is 2.08 bits per heavy atom. The van der Waals surface area contributed by atoms with Crippen LogP contribution in [0.4, 0.5) is 0 Å². The molecule has 0 atom stereocenters. The van der Waals surface area contributed by atoms with Crippen molar-refractivity contribution < 1.29 is 0 Å². The van der Waals surface area contributed by atoms with E-state index in [4.69, 9.17) is 0 Å². The normalized spacial score (nSPS) is 20.8. The number of rotatable bonds is 3. The highest BCUT2D eigenvalue weighted by molar-refractivity contribution is 4.79. The van der Waals surface area contributed by atoms with E-state index in [1.807, 2.05) is 0 Å². The summed E-state index contributed by atoms with van der Waals surface area (Å²) < 4.78 is 0. The second-order valence-corrected chi connectivity index (χ2v) is 5.13. The van der Waals surface area contributed by atoms with Crippen molar-refractivity contribution in [3.8, 4) is 0 Å². The summed E-state index contributed by atoms with van der Waals surface area (Å²) in [7, 11) is 0. The van der Waals surface area contributed by atoms with E-state index >= 15 is 0 Å². The molecule has 1 aliphatic rings. The smallest absolute Gasteiger partial charge is 0.00351 e. The van der Waals surface area contributed by atoms with Crippen LogP contribution in [0.2, 0.25) is 0 Å². The van der Waals surface area contributed by atoms with Gasteiger partial charge in [0.15, 0.2) is 0 Å². The SMILES string of the molecule is CC(C)C(C)(C)CN1CCCC1. The highest BCUT2D eigenvalue weighted by atomic mass is 15.1. The first-order chi connectivity index (χ1) is 5.52. The second kappa shape index (κ2) is 3.78. The summed E-state index contributed by atoms with van der Waals surface area (Å²) >= 11 is 0. The highest BCUT2D eigenvalue weighted by Gasteiger charge is 2.26. The molecule has 1 rings (SSSR count). The molecule has 0 saturated carbocycles. The highest BCUT2D eigenvalue weighted by Crippen LogP contribution is 2.28. The Labute approximate surface area is 77.1 Å². The van der Waals surface area contributed by atoms with Gasteiger partial charge in [-0.2, -0.15) is 0 Å². The number of nitrogens with zero attached hydrogens (tertiary/aromatic N) is 1. The van der Waals surface area contributed by atoms with Gasteiger partial charge in [0.1, 0.15) is 0 Å². The maximum Gasteiger partial charge on any atom is 0.00351 e. The molecule has 1 fully saturated rings. The van der Waals surface area contributed by atoms with Crippen LogP contribution in [0.15, 0.2) is 0 Å². The minimum Gasteiger partial charge on any atom is -0.303 e. The first kappa shape index (κ1) is 10.0. The van der Waals surface area contributed by atoms with E-state index < -0.39 is 0 Å². The zero-order valence-corrected chi connectivity index (χ0v) is 9.06. The van der Waals surface area contributed by atoms with Crippen LogP contribution in [0, 0.1) is 11.3 Å². The first-order valence-corrected chi connectivity index (χ1v) is 5.25. The maximum atomic E-state index is 2.61. The summed E-state index contributed by atoms with van der Waals surface area (Å²) in [6.45, 7) is 13.4. The van der Waals surface area contributed by atoms with Crippen molar-refractivity contribution in [3.05, 3.63) is 0 Å². The van der Waals surface area contributed by atoms with E-state index in [-0.39, 0.29) is 0 Å². The van der Waals surface area contributed by atoms with Crippen molar-refractivity contribution in [2.75, 3.05) is 19.6 Å². The monoisotopic (exact) mass is 169 g/mol. The van der Waals surface area contributed by atoms with Gasteiger partial charge in [0, 0.05) is 6.54 Å². The van der Waals surface area contributed by atoms with Gasteiger partial charge < -0.3 is 4.90 Å². The van der Waals surface area contributed by atoms with Crippen molar-refractivity contribution in [1.82, 2.24) is 4.90 Å². The van der Waals surface area contributed by atoms with Crippen LogP contribution >= 0.6 is 0 Å². The molecule has 0 aliphatic carbocycles. The molecule has 1 nitrogen and oxygen atoms in total. The molecule has 1 saturated heterocycles. The fourth-order valence-electron chi connectivity index (χ4n) is 1.70. The van der Waals surface area contributed by atoms with Crippen LogP contribution in [0.1, 0.15) is 40.5 Å². The van der Waals surface area contributed by atoms with Gasteiger partial charge in [-0.1, -0.05) is 27.7 Å². The van der Waals surface area contributed by atoms with Crippen molar-refractivity contribution in [2.24, 2.45) is 11.3 Å². The summed E-state index contributed by atoms with van der Waals surface area (Å²) in [6.07, 6.45) is 2.82. The van der Waals surface area contributed by atoms with Gasteiger partial charge in [-0.05, 0) is 37.3 Å². The molecule has 0 unspecified atom stereocenters. The van der Waals surface area contributed by atoms with Gasteiger partial charge in [0.2, 0.25) is 0 Å². The fourth-order valence-corrected chi connectivity index (χ4v) is 1.70. The van der Waals surface area contributed by atoms with Gasteiger partial charge in [-0.3, -0.25) is 0 Å². The Kier molecular flexibility index (Phi) is 3.16. The molecule has 12 heavy (non-hydrogen) atoms.